The maximum absolute atomic E-state index is 15.2. The van der Waals surface area contributed by atoms with E-state index < -0.39 is 17.5 Å². The second kappa shape index (κ2) is 15.2. The number of thiophene rings is 1. The normalized spacial score (nSPS) is 11.2. The molecule has 11 nitrogen and oxygen atoms in total. The minimum atomic E-state index is -0.618. The number of hydrogen-bond donors (Lipinski definition) is 3. The molecule has 3 N–H and O–H groups in total. The van der Waals surface area contributed by atoms with E-state index >= 15 is 4.39 Å². The molecule has 0 radical (unpaired) electrons. The maximum Gasteiger partial charge on any atom is 0.407 e. The zero-order chi connectivity index (χ0) is 34.3. The lowest BCUT2D eigenvalue weighted by atomic mass is 10.1. The molecule has 250 valence electrons. The molecule has 0 aliphatic carbocycles. The Bertz CT molecular complexity index is 1940. The third kappa shape index (κ3) is 9.26. The largest absolute Gasteiger partial charge is 0.496 e. The van der Waals surface area contributed by atoms with Crippen LogP contribution in [0.1, 0.15) is 32.8 Å². The highest BCUT2D eigenvalue weighted by molar-refractivity contribution is 7.80. The fourth-order valence-corrected chi connectivity index (χ4v) is 5.90. The third-order valence-electron chi connectivity index (χ3n) is 6.73. The highest BCUT2D eigenvalue weighted by atomic mass is 32.1. The molecular weight excluding hydrogens is 656 g/mol. The number of alkyl carbamates (subject to hydrolysis) is 1. The van der Waals surface area contributed by atoms with Gasteiger partial charge in [-0.05, 0) is 63.7 Å². The van der Waals surface area contributed by atoms with Crippen LogP contribution in [0.4, 0.5) is 14.9 Å². The number of benzene rings is 2. The van der Waals surface area contributed by atoms with Crippen molar-refractivity contribution in [2.75, 3.05) is 19.0 Å². The Hall–Kier alpha value is -5.08. The number of aromatic nitrogens is 3. The van der Waals surface area contributed by atoms with Crippen molar-refractivity contribution >= 4 is 56.6 Å². The topological polar surface area (TPSA) is 129 Å². The quantitative estimate of drug-likeness (QED) is 0.0985. The molecule has 3 heterocycles. The lowest BCUT2D eigenvalue weighted by Gasteiger charge is -2.19. The van der Waals surface area contributed by atoms with Gasteiger partial charge in [0.15, 0.2) is 16.7 Å². The molecule has 0 aliphatic rings. The number of pyridine rings is 1. The molecule has 0 fully saturated rings. The van der Waals surface area contributed by atoms with Gasteiger partial charge in [-0.2, -0.15) is 5.10 Å². The van der Waals surface area contributed by atoms with Gasteiger partial charge in [0.1, 0.15) is 17.1 Å². The lowest BCUT2D eigenvalue weighted by Crippen LogP contribution is -2.35. The zero-order valence-electron chi connectivity index (χ0n) is 26.8. The van der Waals surface area contributed by atoms with E-state index in [-0.39, 0.29) is 23.2 Å². The number of ether oxygens (including phenoxy) is 3. The monoisotopic (exact) mass is 690 g/mol. The second-order valence-corrected chi connectivity index (χ2v) is 13.1. The Kier molecular flexibility index (Phi) is 10.9. The summed E-state index contributed by atoms with van der Waals surface area (Å²) in [6.45, 7) is 6.52. The molecule has 0 atom stereocenters. The van der Waals surface area contributed by atoms with Crippen LogP contribution in [-0.4, -0.2) is 51.1 Å². The van der Waals surface area contributed by atoms with E-state index in [4.69, 9.17) is 26.4 Å². The SMILES string of the molecule is COc1ccccc1CC(=O)NC(=S)Nc1ccc(Oc2ccnc3cc(-c4cnn(CCCNC(=O)OC(C)(C)C)c4)sc23)c(F)c1. The molecule has 0 spiro atoms. The van der Waals surface area contributed by atoms with Crippen LogP contribution in [0.3, 0.4) is 0 Å². The summed E-state index contributed by atoms with van der Waals surface area (Å²) >= 11 is 6.72. The average Bonchev–Trinajstić information content (AvgIpc) is 3.68. The van der Waals surface area contributed by atoms with Crippen molar-refractivity contribution in [1.29, 1.82) is 0 Å². The highest BCUT2D eigenvalue weighted by Crippen LogP contribution is 2.39. The van der Waals surface area contributed by atoms with Crippen molar-refractivity contribution < 1.29 is 28.2 Å². The molecule has 5 aromatic rings. The van der Waals surface area contributed by atoms with E-state index in [9.17, 15) is 9.59 Å². The smallest absolute Gasteiger partial charge is 0.407 e. The summed E-state index contributed by atoms with van der Waals surface area (Å²) in [5.41, 5.74) is 2.12. The Morgan fingerprint density at radius 1 is 1.06 bits per heavy atom. The molecular formula is C34H35FN6O5S2. The number of hydrogen-bond acceptors (Lipinski definition) is 9. The first kappa shape index (κ1) is 34.3. The molecule has 0 saturated heterocycles. The number of carbonyl (C=O) groups is 2. The molecule has 5 rings (SSSR count). The van der Waals surface area contributed by atoms with Crippen LogP contribution in [0.2, 0.25) is 0 Å². The first-order valence-corrected chi connectivity index (χ1v) is 16.3. The number of rotatable bonds is 11. The summed E-state index contributed by atoms with van der Waals surface area (Å²) in [6, 6.07) is 15.2. The molecule has 48 heavy (non-hydrogen) atoms. The lowest BCUT2D eigenvalue weighted by molar-refractivity contribution is -0.119. The Balaban J connectivity index is 1.17. The summed E-state index contributed by atoms with van der Waals surface area (Å²) in [7, 11) is 1.54. The standard InChI is InChI=1S/C34H35FN6O5S2/c1-34(2,3)46-33(43)37-13-7-15-41-20-22(19-38-41)29-18-25-31(48-29)28(12-14-36-25)45-27-11-10-23(17-24(27)35)39-32(47)40-30(42)16-21-8-5-6-9-26(21)44-4/h5-6,8-12,14,17-20H,7,13,15-16H2,1-4H3,(H,37,43)(H2,39,40,42,47). The predicted molar refractivity (Wildman–Crippen MR) is 187 cm³/mol. The van der Waals surface area contributed by atoms with Crippen LogP contribution in [-0.2, 0) is 22.5 Å². The van der Waals surface area contributed by atoms with Gasteiger partial charge < -0.3 is 30.2 Å². The summed E-state index contributed by atoms with van der Waals surface area (Å²) in [5, 5.41) is 12.7. The van der Waals surface area contributed by atoms with Gasteiger partial charge in [-0.15, -0.1) is 11.3 Å². The Morgan fingerprint density at radius 3 is 2.65 bits per heavy atom. The van der Waals surface area contributed by atoms with Crippen molar-refractivity contribution in [3.05, 3.63) is 84.6 Å². The zero-order valence-corrected chi connectivity index (χ0v) is 28.5. The fourth-order valence-electron chi connectivity index (χ4n) is 4.63. The molecule has 0 unspecified atom stereocenters. The summed E-state index contributed by atoms with van der Waals surface area (Å²) < 4.78 is 34.3. The minimum absolute atomic E-state index is 0.0157. The van der Waals surface area contributed by atoms with Crippen LogP contribution in [0.5, 0.6) is 17.2 Å². The number of amides is 2. The molecule has 0 saturated carbocycles. The minimum Gasteiger partial charge on any atom is -0.496 e. The van der Waals surface area contributed by atoms with Crippen LogP contribution in [0, 0.1) is 5.82 Å². The number of nitrogens with zero attached hydrogens (tertiary/aromatic N) is 3. The maximum atomic E-state index is 15.2. The van der Waals surface area contributed by atoms with Gasteiger partial charge in [0.2, 0.25) is 5.91 Å². The van der Waals surface area contributed by atoms with Crippen molar-refractivity contribution in [3.63, 3.8) is 0 Å². The number of para-hydroxylation sites is 1. The van der Waals surface area contributed by atoms with Crippen LogP contribution in [0.15, 0.2) is 73.2 Å². The highest BCUT2D eigenvalue weighted by Gasteiger charge is 2.17. The van der Waals surface area contributed by atoms with Gasteiger partial charge >= 0.3 is 6.09 Å². The summed E-state index contributed by atoms with van der Waals surface area (Å²) in [6.07, 6.45) is 5.60. The van der Waals surface area contributed by atoms with E-state index in [0.29, 0.717) is 47.8 Å². The number of aryl methyl sites for hydroxylation is 1. The first-order valence-electron chi connectivity index (χ1n) is 15.1. The molecule has 2 amide bonds. The average molecular weight is 691 g/mol. The summed E-state index contributed by atoms with van der Waals surface area (Å²) in [4.78, 5) is 29.7. The molecule has 14 heteroatoms. The Labute approximate surface area is 286 Å². The van der Waals surface area contributed by atoms with Crippen molar-refractivity contribution in [2.45, 2.75) is 45.8 Å². The molecule has 2 aromatic carbocycles. The van der Waals surface area contributed by atoms with Crippen molar-refractivity contribution in [3.8, 4) is 27.7 Å². The molecule has 0 bridgehead atoms. The van der Waals surface area contributed by atoms with Gasteiger partial charge in [-0.3, -0.25) is 14.5 Å². The first-order chi connectivity index (χ1) is 23.0. The number of anilines is 1. The van der Waals surface area contributed by atoms with E-state index in [1.54, 1.807) is 36.7 Å². The van der Waals surface area contributed by atoms with Gasteiger partial charge in [0, 0.05) is 59.3 Å². The van der Waals surface area contributed by atoms with Gasteiger partial charge in [0.05, 0.1) is 29.9 Å². The summed E-state index contributed by atoms with van der Waals surface area (Å²) in [5.74, 6) is 0.114. The van der Waals surface area contributed by atoms with Crippen LogP contribution >= 0.6 is 23.6 Å². The van der Waals surface area contributed by atoms with Gasteiger partial charge in [-0.25, -0.2) is 9.18 Å². The number of thiocarbonyl (C=S) groups is 1. The number of methoxy groups -OCH3 is 1. The third-order valence-corrected chi connectivity index (χ3v) is 8.12. The molecule has 3 aromatic heterocycles. The number of carbonyl (C=O) groups excluding carboxylic acids is 2. The van der Waals surface area contributed by atoms with Crippen LogP contribution < -0.4 is 25.4 Å². The number of fused-ring (bicyclic) bond motifs is 1. The number of nitrogens with one attached hydrogen (secondary N) is 3. The van der Waals surface area contributed by atoms with Crippen molar-refractivity contribution in [1.82, 2.24) is 25.4 Å². The second-order valence-electron chi connectivity index (χ2n) is 11.6. The molecule has 0 aliphatic heterocycles. The van der Waals surface area contributed by atoms with E-state index in [2.05, 4.69) is 26.0 Å². The number of halogens is 1. The van der Waals surface area contributed by atoms with Gasteiger partial charge in [0.25, 0.3) is 0 Å². The van der Waals surface area contributed by atoms with Crippen molar-refractivity contribution in [2.24, 2.45) is 0 Å². The van der Waals surface area contributed by atoms with E-state index in [0.717, 1.165) is 15.1 Å². The van der Waals surface area contributed by atoms with E-state index in [1.165, 1.54) is 30.6 Å². The van der Waals surface area contributed by atoms with Gasteiger partial charge in [-0.1, -0.05) is 18.2 Å². The predicted octanol–water partition coefficient (Wildman–Crippen LogP) is 7.07. The fraction of sp³-hybridized carbons (Fsp3) is 0.265. The Morgan fingerprint density at radius 2 is 1.88 bits per heavy atom. The van der Waals surface area contributed by atoms with Crippen LogP contribution in [0.25, 0.3) is 20.7 Å². The van der Waals surface area contributed by atoms with E-state index in [1.807, 2.05) is 49.8 Å².